The van der Waals surface area contributed by atoms with Crippen molar-refractivity contribution in [3.63, 3.8) is 0 Å². The molecule has 0 radical (unpaired) electrons. The van der Waals surface area contributed by atoms with Gasteiger partial charge in [0, 0.05) is 31.3 Å². The van der Waals surface area contributed by atoms with Gasteiger partial charge in [0.25, 0.3) is 5.91 Å². The van der Waals surface area contributed by atoms with Crippen molar-refractivity contribution >= 4 is 34.9 Å². The molecule has 13 nitrogen and oxygen atoms in total. The first-order valence-electron chi connectivity index (χ1n) is 13.0. The summed E-state index contributed by atoms with van der Waals surface area (Å²) in [6.07, 6.45) is -0.789. The molecule has 0 bridgehead atoms. The van der Waals surface area contributed by atoms with Crippen LogP contribution in [0, 0.1) is 11.8 Å². The topological polar surface area (TPSA) is 203 Å². The van der Waals surface area contributed by atoms with Crippen molar-refractivity contribution in [3.8, 4) is 5.75 Å². The molecule has 0 aromatic heterocycles. The van der Waals surface area contributed by atoms with Crippen LogP contribution in [0.5, 0.6) is 5.75 Å². The first-order chi connectivity index (χ1) is 18.8. The van der Waals surface area contributed by atoms with E-state index in [2.05, 4.69) is 5.32 Å². The molecule has 0 saturated heterocycles. The molecule has 7 N–H and O–H groups in total. The molecule has 0 fully saturated rings. The number of primary amides is 1. The standard InChI is InChI=1S/C28H36N4O9/c1-27(2,3)41-26(39)30-14-10-15(31(4)5)12-8-11-9-13-19(32(6)7)22(35)18(25(29)38)24(37)28(13,40)23(36)16(11)21(34)17(12)20(14)33/h10-11,13,19,33,35-36,40H,8-9H2,1-7H3,(H2,29,38)(H,30,39)/t11-,13-,19-,28-/m0/s1. The van der Waals surface area contributed by atoms with Gasteiger partial charge in [0.15, 0.2) is 17.1 Å². The van der Waals surface area contributed by atoms with Gasteiger partial charge >= 0.3 is 6.09 Å². The van der Waals surface area contributed by atoms with Gasteiger partial charge in [-0.25, -0.2) is 4.79 Å². The molecule has 0 unspecified atom stereocenters. The monoisotopic (exact) mass is 572 g/mol. The van der Waals surface area contributed by atoms with Crippen molar-refractivity contribution in [2.45, 2.75) is 50.9 Å². The molecule has 4 rings (SSSR count). The molecular formula is C28H36N4O9. The number of Topliss-reactive ketones (excluding diaryl/α,β-unsaturated/α-hetero) is 2. The molecule has 222 valence electrons. The molecule has 0 spiro atoms. The third-order valence-electron chi connectivity index (χ3n) is 7.82. The summed E-state index contributed by atoms with van der Waals surface area (Å²) in [5, 5.41) is 47.7. The number of nitrogens with two attached hydrogens (primary N) is 1. The van der Waals surface area contributed by atoms with Crippen LogP contribution in [0.1, 0.15) is 43.1 Å². The fourth-order valence-electron chi connectivity index (χ4n) is 6.21. The fraction of sp³-hybridized carbons (Fsp3) is 0.500. The van der Waals surface area contributed by atoms with E-state index >= 15 is 0 Å². The number of aliphatic hydroxyl groups excluding tert-OH is 2. The van der Waals surface area contributed by atoms with Crippen molar-refractivity contribution in [1.29, 1.82) is 0 Å². The summed E-state index contributed by atoms with van der Waals surface area (Å²) >= 11 is 0. The van der Waals surface area contributed by atoms with Crippen LogP contribution < -0.4 is 16.0 Å². The van der Waals surface area contributed by atoms with Crippen LogP contribution in [-0.2, 0) is 20.7 Å². The highest BCUT2D eigenvalue weighted by Crippen LogP contribution is 2.53. The quantitative estimate of drug-likeness (QED) is 0.226. The van der Waals surface area contributed by atoms with E-state index in [9.17, 15) is 39.6 Å². The molecule has 4 atom stereocenters. The molecule has 41 heavy (non-hydrogen) atoms. The van der Waals surface area contributed by atoms with Gasteiger partial charge in [-0.2, -0.15) is 0 Å². The first-order valence-corrected chi connectivity index (χ1v) is 13.0. The van der Waals surface area contributed by atoms with E-state index < -0.39 is 75.5 Å². The van der Waals surface area contributed by atoms with Gasteiger partial charge in [-0.05, 0) is 65.3 Å². The lowest BCUT2D eigenvalue weighted by Crippen LogP contribution is -2.63. The van der Waals surface area contributed by atoms with Crippen LogP contribution in [-0.4, -0.2) is 94.3 Å². The minimum Gasteiger partial charge on any atom is -0.510 e. The summed E-state index contributed by atoms with van der Waals surface area (Å²) in [6.45, 7) is 4.99. The fourth-order valence-corrected chi connectivity index (χ4v) is 6.21. The van der Waals surface area contributed by atoms with Crippen molar-refractivity contribution in [3.05, 3.63) is 39.9 Å². The number of aromatic hydroxyl groups is 1. The number of rotatable bonds is 4. The van der Waals surface area contributed by atoms with Gasteiger partial charge in [-0.3, -0.25) is 24.6 Å². The maximum absolute atomic E-state index is 14.0. The Morgan fingerprint density at radius 3 is 2.24 bits per heavy atom. The van der Waals surface area contributed by atoms with Gasteiger partial charge < -0.3 is 35.8 Å². The van der Waals surface area contributed by atoms with Gasteiger partial charge in [0.1, 0.15) is 22.7 Å². The number of anilines is 2. The number of nitrogens with one attached hydrogen (secondary N) is 1. The van der Waals surface area contributed by atoms with E-state index in [4.69, 9.17) is 10.5 Å². The Morgan fingerprint density at radius 1 is 1.12 bits per heavy atom. The van der Waals surface area contributed by atoms with Gasteiger partial charge in [-0.1, -0.05) is 0 Å². The van der Waals surface area contributed by atoms with Gasteiger partial charge in [0.2, 0.25) is 5.78 Å². The number of aliphatic hydroxyl groups is 3. The van der Waals surface area contributed by atoms with Gasteiger partial charge in [0.05, 0.1) is 17.3 Å². The Morgan fingerprint density at radius 2 is 1.73 bits per heavy atom. The zero-order chi connectivity index (χ0) is 30.9. The highest BCUT2D eigenvalue weighted by Gasteiger charge is 2.63. The SMILES string of the molecule is CN(C)c1cc(NC(=O)OC(C)(C)C)c(O)c2c1C[C@H]1C[C@H]3[C@H](N(C)C)C(O)=C(C(N)=O)C(=O)[C@@]3(O)C(O)=C1C2=O. The summed E-state index contributed by atoms with van der Waals surface area (Å²) in [6, 6.07) is 0.419. The van der Waals surface area contributed by atoms with Crippen molar-refractivity contribution < 1.29 is 44.3 Å². The lowest BCUT2D eigenvalue weighted by Gasteiger charge is -2.50. The highest BCUT2D eigenvalue weighted by atomic mass is 16.6. The maximum atomic E-state index is 14.0. The average Bonchev–Trinajstić information content (AvgIpc) is 2.81. The summed E-state index contributed by atoms with van der Waals surface area (Å²) < 4.78 is 5.28. The number of allylic oxidation sites excluding steroid dienone is 1. The normalized spacial score (nSPS) is 25.9. The predicted octanol–water partition coefficient (Wildman–Crippen LogP) is 1.53. The molecule has 0 aliphatic heterocycles. The molecule has 3 aliphatic carbocycles. The van der Waals surface area contributed by atoms with Crippen LogP contribution in [0.15, 0.2) is 28.7 Å². The number of ketones is 2. The Labute approximate surface area is 236 Å². The summed E-state index contributed by atoms with van der Waals surface area (Å²) in [7, 11) is 6.56. The Balaban J connectivity index is 1.92. The molecular weight excluding hydrogens is 536 g/mol. The lowest BCUT2D eigenvalue weighted by molar-refractivity contribution is -0.148. The summed E-state index contributed by atoms with van der Waals surface area (Å²) in [5.74, 6) is -7.49. The Hall–Kier alpha value is -4.10. The zero-order valence-electron chi connectivity index (χ0n) is 24.0. The molecule has 0 heterocycles. The highest BCUT2D eigenvalue weighted by molar-refractivity contribution is 6.25. The maximum Gasteiger partial charge on any atom is 0.412 e. The molecule has 1 aromatic rings. The van der Waals surface area contributed by atoms with E-state index in [1.165, 1.54) is 11.0 Å². The molecule has 1 aromatic carbocycles. The van der Waals surface area contributed by atoms with E-state index in [1.54, 1.807) is 53.9 Å². The third-order valence-corrected chi connectivity index (χ3v) is 7.82. The predicted molar refractivity (Wildman–Crippen MR) is 148 cm³/mol. The van der Waals surface area contributed by atoms with Crippen molar-refractivity contribution in [2.75, 3.05) is 38.4 Å². The largest absolute Gasteiger partial charge is 0.510 e. The number of fused-ring (bicyclic) bond motifs is 3. The lowest BCUT2D eigenvalue weighted by atomic mass is 9.58. The van der Waals surface area contributed by atoms with Crippen LogP contribution in [0.25, 0.3) is 0 Å². The number of phenolic OH excluding ortho intramolecular Hbond substituents is 1. The number of amides is 2. The van der Waals surface area contributed by atoms with Crippen LogP contribution in [0.4, 0.5) is 16.2 Å². The number of carbonyl (C=O) groups is 4. The second kappa shape index (κ2) is 9.77. The Kier molecular flexibility index (Phi) is 7.12. The Bertz CT molecular complexity index is 1440. The number of hydrogen-bond acceptors (Lipinski definition) is 11. The third kappa shape index (κ3) is 4.58. The number of ether oxygens (including phenoxy) is 1. The number of benzene rings is 1. The molecule has 3 aliphatic rings. The minimum atomic E-state index is -2.74. The average molecular weight is 573 g/mol. The summed E-state index contributed by atoms with van der Waals surface area (Å²) in [5.41, 5.74) is 1.21. The minimum absolute atomic E-state index is 0.0305. The summed E-state index contributed by atoms with van der Waals surface area (Å²) in [4.78, 5) is 55.3. The van der Waals surface area contributed by atoms with Crippen LogP contribution in [0.3, 0.4) is 0 Å². The number of hydrogen-bond donors (Lipinski definition) is 6. The van der Waals surface area contributed by atoms with Crippen LogP contribution in [0.2, 0.25) is 0 Å². The van der Waals surface area contributed by atoms with E-state index in [-0.39, 0.29) is 29.7 Å². The second-order valence-electron chi connectivity index (χ2n) is 12.1. The number of phenols is 1. The van der Waals surface area contributed by atoms with Crippen LogP contribution >= 0.6 is 0 Å². The zero-order valence-corrected chi connectivity index (χ0v) is 24.0. The number of carbonyl (C=O) groups excluding carboxylic acids is 4. The van der Waals surface area contributed by atoms with E-state index in [0.29, 0.717) is 11.3 Å². The van der Waals surface area contributed by atoms with E-state index in [1.807, 2.05) is 0 Å². The van der Waals surface area contributed by atoms with Crippen molar-refractivity contribution in [1.82, 2.24) is 4.90 Å². The molecule has 2 amide bonds. The smallest absolute Gasteiger partial charge is 0.412 e. The molecule has 13 heteroatoms. The molecule has 0 saturated carbocycles. The van der Waals surface area contributed by atoms with E-state index in [0.717, 1.165) is 0 Å². The van der Waals surface area contributed by atoms with Gasteiger partial charge in [-0.15, -0.1) is 0 Å². The second-order valence-corrected chi connectivity index (χ2v) is 12.1. The first kappa shape index (κ1) is 29.9. The number of nitrogens with zero attached hydrogens (tertiary/aromatic N) is 2. The van der Waals surface area contributed by atoms with Crippen molar-refractivity contribution in [2.24, 2.45) is 17.6 Å². The number of likely N-dealkylation sites (N-methyl/N-ethyl adjacent to an activating group) is 1.